The van der Waals surface area contributed by atoms with Gasteiger partial charge >= 0.3 is 0 Å². The highest BCUT2D eigenvalue weighted by Crippen LogP contribution is 2.23. The van der Waals surface area contributed by atoms with Gasteiger partial charge in [0.05, 0.1) is 0 Å². The lowest BCUT2D eigenvalue weighted by atomic mass is 10.1. The molecule has 1 saturated carbocycles. The molecule has 2 heteroatoms. The second-order valence-electron chi connectivity index (χ2n) is 5.61. The van der Waals surface area contributed by atoms with Crippen molar-refractivity contribution in [3.8, 4) is 0 Å². The topological polar surface area (TPSA) is 3.24 Å². The first-order valence-electron chi connectivity index (χ1n) is 7.74. The second kappa shape index (κ2) is 8.76. The minimum atomic E-state index is 0.870. The van der Waals surface area contributed by atoms with Crippen LogP contribution < -0.4 is 0 Å². The van der Waals surface area contributed by atoms with Gasteiger partial charge in [0.1, 0.15) is 0 Å². The van der Waals surface area contributed by atoms with E-state index in [1.165, 1.54) is 63.6 Å². The van der Waals surface area contributed by atoms with Crippen LogP contribution in [0.3, 0.4) is 0 Å². The highest BCUT2D eigenvalue weighted by Gasteiger charge is 2.21. The first kappa shape index (κ1) is 15.1. The first-order chi connectivity index (χ1) is 9.40. The van der Waals surface area contributed by atoms with E-state index in [0.717, 1.165) is 11.4 Å². The maximum absolute atomic E-state index is 3.60. The molecule has 1 aromatic carbocycles. The van der Waals surface area contributed by atoms with E-state index in [2.05, 4.69) is 51.2 Å². The summed E-state index contributed by atoms with van der Waals surface area (Å²) < 4.78 is 0. The van der Waals surface area contributed by atoms with Crippen molar-refractivity contribution in [2.24, 2.45) is 0 Å². The van der Waals surface area contributed by atoms with Crippen molar-refractivity contribution in [2.75, 3.05) is 18.4 Å². The molecule has 0 amide bonds. The van der Waals surface area contributed by atoms with Crippen molar-refractivity contribution >= 4 is 15.9 Å². The van der Waals surface area contributed by atoms with Crippen LogP contribution >= 0.6 is 15.9 Å². The van der Waals surface area contributed by atoms with Gasteiger partial charge in [0.2, 0.25) is 0 Å². The van der Waals surface area contributed by atoms with Crippen LogP contribution in [0.1, 0.15) is 44.1 Å². The molecule has 0 heterocycles. The van der Waals surface area contributed by atoms with Crippen LogP contribution in [0.2, 0.25) is 0 Å². The molecule has 0 bridgehead atoms. The number of benzene rings is 1. The third kappa shape index (κ3) is 5.27. The van der Waals surface area contributed by atoms with Gasteiger partial charge in [-0.3, -0.25) is 4.90 Å². The van der Waals surface area contributed by atoms with Gasteiger partial charge in [-0.1, -0.05) is 59.1 Å². The number of alkyl halides is 1. The molecule has 0 unspecified atom stereocenters. The molecule has 0 saturated heterocycles. The zero-order valence-electron chi connectivity index (χ0n) is 11.9. The molecule has 2 rings (SSSR count). The predicted molar refractivity (Wildman–Crippen MR) is 87.0 cm³/mol. The number of unbranched alkanes of at least 4 members (excludes halogenated alkanes) is 1. The van der Waals surface area contributed by atoms with Gasteiger partial charge in [-0.25, -0.2) is 0 Å². The molecule has 0 aromatic heterocycles. The third-order valence-electron chi connectivity index (χ3n) is 4.22. The smallest absolute Gasteiger partial charge is 0.0159 e. The van der Waals surface area contributed by atoms with Gasteiger partial charge in [0.25, 0.3) is 0 Å². The lowest BCUT2D eigenvalue weighted by molar-refractivity contribution is 0.207. The van der Waals surface area contributed by atoms with Crippen LogP contribution in [0.5, 0.6) is 0 Å². The van der Waals surface area contributed by atoms with E-state index < -0.39 is 0 Å². The van der Waals surface area contributed by atoms with Gasteiger partial charge in [-0.15, -0.1) is 0 Å². The summed E-state index contributed by atoms with van der Waals surface area (Å²) in [5.41, 5.74) is 1.48. The number of hydrogen-bond acceptors (Lipinski definition) is 1. The molecule has 1 aliphatic carbocycles. The van der Waals surface area contributed by atoms with Crippen LogP contribution in [0, 0.1) is 0 Å². The van der Waals surface area contributed by atoms with Crippen molar-refractivity contribution in [3.05, 3.63) is 35.9 Å². The number of halogens is 1. The molecular formula is C17H26BrN. The zero-order chi connectivity index (χ0) is 13.3. The molecule has 1 fully saturated rings. The number of rotatable bonds is 8. The lowest BCUT2D eigenvalue weighted by Gasteiger charge is -2.28. The summed E-state index contributed by atoms with van der Waals surface area (Å²) in [5, 5.41) is 1.11. The summed E-state index contributed by atoms with van der Waals surface area (Å²) in [6.45, 7) is 2.50. The second-order valence-corrected chi connectivity index (χ2v) is 6.40. The normalized spacial score (nSPS) is 16.3. The van der Waals surface area contributed by atoms with Crippen molar-refractivity contribution in [1.82, 2.24) is 4.90 Å². The third-order valence-corrected chi connectivity index (χ3v) is 4.57. The van der Waals surface area contributed by atoms with Crippen LogP contribution in [0.25, 0.3) is 0 Å². The first-order valence-corrected chi connectivity index (χ1v) is 8.86. The summed E-state index contributed by atoms with van der Waals surface area (Å²) in [6, 6.07) is 11.7. The van der Waals surface area contributed by atoms with Gasteiger partial charge in [-0.2, -0.15) is 0 Å². The molecule has 1 nitrogen and oxygen atoms in total. The molecule has 1 aliphatic rings. The number of hydrogen-bond donors (Lipinski definition) is 0. The van der Waals surface area contributed by atoms with E-state index in [4.69, 9.17) is 0 Å². The van der Waals surface area contributed by atoms with Gasteiger partial charge in [0.15, 0.2) is 0 Å². The Morgan fingerprint density at radius 1 is 1.00 bits per heavy atom. The van der Waals surface area contributed by atoms with Crippen LogP contribution in [-0.2, 0) is 6.42 Å². The molecule has 106 valence electrons. The Balaban J connectivity index is 1.67. The summed E-state index contributed by atoms with van der Waals surface area (Å²) >= 11 is 3.60. The molecule has 0 N–H and O–H groups in total. The van der Waals surface area contributed by atoms with E-state index in [-0.39, 0.29) is 0 Å². The molecule has 0 radical (unpaired) electrons. The zero-order valence-corrected chi connectivity index (χ0v) is 13.4. The fourth-order valence-electron chi connectivity index (χ4n) is 3.14. The average molecular weight is 324 g/mol. The molecule has 0 atom stereocenters. The Morgan fingerprint density at radius 3 is 2.42 bits per heavy atom. The summed E-state index contributed by atoms with van der Waals surface area (Å²) in [5.74, 6) is 0. The molecule has 0 spiro atoms. The summed E-state index contributed by atoms with van der Waals surface area (Å²) in [4.78, 5) is 2.72. The molecule has 19 heavy (non-hydrogen) atoms. The van der Waals surface area contributed by atoms with E-state index >= 15 is 0 Å². The van der Waals surface area contributed by atoms with Gasteiger partial charge in [-0.05, 0) is 44.2 Å². The van der Waals surface area contributed by atoms with Gasteiger partial charge in [0, 0.05) is 17.9 Å². The highest BCUT2D eigenvalue weighted by atomic mass is 79.9. The van der Waals surface area contributed by atoms with Crippen LogP contribution in [0.15, 0.2) is 30.3 Å². The SMILES string of the molecule is BrCCN(CCCCc1ccccc1)C1CCCC1. The van der Waals surface area contributed by atoms with E-state index in [1.807, 2.05) is 0 Å². The Hall–Kier alpha value is -0.340. The molecule has 1 aromatic rings. The Morgan fingerprint density at radius 2 is 1.74 bits per heavy atom. The fourth-order valence-corrected chi connectivity index (χ4v) is 3.60. The number of aryl methyl sites for hydroxylation is 1. The summed E-state index contributed by atoms with van der Waals surface area (Å²) in [6.07, 6.45) is 9.60. The average Bonchev–Trinajstić information content (AvgIpc) is 2.97. The van der Waals surface area contributed by atoms with Crippen LogP contribution in [-0.4, -0.2) is 29.4 Å². The monoisotopic (exact) mass is 323 g/mol. The highest BCUT2D eigenvalue weighted by molar-refractivity contribution is 9.09. The fraction of sp³-hybridized carbons (Fsp3) is 0.647. The predicted octanol–water partition coefficient (Wildman–Crippen LogP) is 4.65. The van der Waals surface area contributed by atoms with Crippen molar-refractivity contribution < 1.29 is 0 Å². The van der Waals surface area contributed by atoms with Crippen molar-refractivity contribution in [3.63, 3.8) is 0 Å². The standard InChI is InChI=1S/C17H26BrN/c18-13-15-19(17-11-4-5-12-17)14-7-6-10-16-8-2-1-3-9-16/h1-3,8-9,17H,4-7,10-15H2. The Kier molecular flexibility index (Phi) is 6.94. The maximum atomic E-state index is 3.60. The summed E-state index contributed by atoms with van der Waals surface area (Å²) in [7, 11) is 0. The number of nitrogens with zero attached hydrogens (tertiary/aromatic N) is 1. The van der Waals surface area contributed by atoms with Crippen molar-refractivity contribution in [2.45, 2.75) is 51.0 Å². The van der Waals surface area contributed by atoms with E-state index in [0.29, 0.717) is 0 Å². The quantitative estimate of drug-likeness (QED) is 0.497. The molecular weight excluding hydrogens is 298 g/mol. The largest absolute Gasteiger partial charge is 0.300 e. The van der Waals surface area contributed by atoms with E-state index in [9.17, 15) is 0 Å². The molecule has 0 aliphatic heterocycles. The van der Waals surface area contributed by atoms with E-state index in [1.54, 1.807) is 0 Å². The minimum Gasteiger partial charge on any atom is -0.300 e. The minimum absolute atomic E-state index is 0.870. The van der Waals surface area contributed by atoms with Gasteiger partial charge < -0.3 is 0 Å². The lowest BCUT2D eigenvalue weighted by Crippen LogP contribution is -2.35. The van der Waals surface area contributed by atoms with Crippen molar-refractivity contribution in [1.29, 1.82) is 0 Å². The maximum Gasteiger partial charge on any atom is 0.0159 e. The van der Waals surface area contributed by atoms with Crippen LogP contribution in [0.4, 0.5) is 0 Å². The Labute approximate surface area is 126 Å². The Bertz CT molecular complexity index is 332.